The summed E-state index contributed by atoms with van der Waals surface area (Å²) in [6, 6.07) is 4.98. The zero-order chi connectivity index (χ0) is 9.47. The van der Waals surface area contributed by atoms with Crippen molar-refractivity contribution >= 4 is 5.69 Å². The van der Waals surface area contributed by atoms with Gasteiger partial charge in [0.25, 0.3) is 0 Å². The maximum Gasteiger partial charge on any atom is 0.123 e. The predicted molar refractivity (Wildman–Crippen MR) is 52.5 cm³/mol. The van der Waals surface area contributed by atoms with Crippen LogP contribution in [0.15, 0.2) is 18.2 Å². The number of benzene rings is 1. The largest absolute Gasteiger partial charge is 0.384 e. The van der Waals surface area contributed by atoms with E-state index in [4.69, 9.17) is 0 Å². The summed E-state index contributed by atoms with van der Waals surface area (Å²) in [6.45, 7) is 5.23. The molecule has 0 saturated carbocycles. The minimum absolute atomic E-state index is 0.109. The third-order valence-corrected chi connectivity index (χ3v) is 3.08. The molecule has 1 aliphatic heterocycles. The van der Waals surface area contributed by atoms with E-state index in [1.54, 1.807) is 6.07 Å². The molecule has 1 aliphatic rings. The maximum atomic E-state index is 13.0. The second-order valence-corrected chi connectivity index (χ2v) is 3.96. The molecule has 1 nitrogen and oxygen atoms in total. The molecule has 0 aliphatic carbocycles. The molecule has 0 aromatic heterocycles. The van der Waals surface area contributed by atoms with E-state index < -0.39 is 0 Å². The lowest BCUT2D eigenvalue weighted by molar-refractivity contribution is 0.500. The molecule has 0 radical (unpaired) electrons. The normalized spacial score (nSPS) is 25.5. The fourth-order valence-corrected chi connectivity index (χ4v) is 1.87. The number of halogens is 1. The average molecular weight is 179 g/mol. The highest BCUT2D eigenvalue weighted by atomic mass is 19.1. The van der Waals surface area contributed by atoms with E-state index in [0.29, 0.717) is 0 Å². The van der Waals surface area contributed by atoms with Gasteiger partial charge in [0.15, 0.2) is 0 Å². The Bertz CT molecular complexity index is 335. The Balaban J connectivity index is 2.52. The van der Waals surface area contributed by atoms with Crippen molar-refractivity contribution < 1.29 is 4.39 Å². The van der Waals surface area contributed by atoms with Crippen LogP contribution in [0.1, 0.15) is 25.8 Å². The van der Waals surface area contributed by atoms with Gasteiger partial charge in [-0.1, -0.05) is 13.8 Å². The standard InChI is InChI=1S/C11H14FN/c1-3-11(2)7-13-10-5-4-8(12)6-9(10)11/h4-6,13H,3,7H2,1-2H3. The van der Waals surface area contributed by atoms with Crippen LogP contribution in [0.25, 0.3) is 0 Å². The van der Waals surface area contributed by atoms with Gasteiger partial charge in [-0.2, -0.15) is 0 Å². The van der Waals surface area contributed by atoms with E-state index >= 15 is 0 Å². The minimum atomic E-state index is -0.137. The van der Waals surface area contributed by atoms with Gasteiger partial charge in [0.2, 0.25) is 0 Å². The van der Waals surface area contributed by atoms with Gasteiger partial charge in [-0.3, -0.25) is 0 Å². The maximum absolute atomic E-state index is 13.0. The molecule has 2 heteroatoms. The number of anilines is 1. The van der Waals surface area contributed by atoms with E-state index in [2.05, 4.69) is 19.2 Å². The molecular formula is C11H14FN. The van der Waals surface area contributed by atoms with Crippen LogP contribution in [0.4, 0.5) is 10.1 Å². The molecule has 0 spiro atoms. The quantitative estimate of drug-likeness (QED) is 0.699. The van der Waals surface area contributed by atoms with Gasteiger partial charge in [-0.25, -0.2) is 4.39 Å². The first-order chi connectivity index (χ1) is 6.15. The fourth-order valence-electron chi connectivity index (χ4n) is 1.87. The summed E-state index contributed by atoms with van der Waals surface area (Å²) in [7, 11) is 0. The third kappa shape index (κ3) is 1.21. The Hall–Kier alpha value is -1.05. The molecule has 1 N–H and O–H groups in total. The summed E-state index contributed by atoms with van der Waals surface area (Å²) in [6.07, 6.45) is 1.04. The number of hydrogen-bond acceptors (Lipinski definition) is 1. The summed E-state index contributed by atoms with van der Waals surface area (Å²) >= 11 is 0. The molecule has 0 amide bonds. The van der Waals surface area contributed by atoms with Crippen molar-refractivity contribution in [2.75, 3.05) is 11.9 Å². The lowest BCUT2D eigenvalue weighted by atomic mass is 9.82. The molecule has 0 saturated heterocycles. The van der Waals surface area contributed by atoms with Crippen molar-refractivity contribution in [2.24, 2.45) is 0 Å². The van der Waals surface area contributed by atoms with E-state index in [1.807, 2.05) is 6.07 Å². The van der Waals surface area contributed by atoms with E-state index in [-0.39, 0.29) is 11.2 Å². The van der Waals surface area contributed by atoms with Gasteiger partial charge in [-0.15, -0.1) is 0 Å². The van der Waals surface area contributed by atoms with Gasteiger partial charge in [0.1, 0.15) is 5.82 Å². The van der Waals surface area contributed by atoms with E-state index in [0.717, 1.165) is 24.2 Å². The molecule has 1 unspecified atom stereocenters. The molecule has 70 valence electrons. The molecule has 1 atom stereocenters. The van der Waals surface area contributed by atoms with Crippen LogP contribution in [-0.4, -0.2) is 6.54 Å². The number of rotatable bonds is 1. The molecular weight excluding hydrogens is 165 g/mol. The summed E-state index contributed by atoms with van der Waals surface area (Å²) in [5.74, 6) is -0.137. The van der Waals surface area contributed by atoms with Gasteiger partial charge in [-0.05, 0) is 30.2 Å². The van der Waals surface area contributed by atoms with Gasteiger partial charge in [0.05, 0.1) is 0 Å². The Labute approximate surface area is 78.0 Å². The second-order valence-electron chi connectivity index (χ2n) is 3.96. The lowest BCUT2D eigenvalue weighted by Crippen LogP contribution is -2.22. The Morgan fingerprint density at radius 2 is 2.31 bits per heavy atom. The first kappa shape index (κ1) is 8.54. The Morgan fingerprint density at radius 3 is 3.00 bits per heavy atom. The molecule has 13 heavy (non-hydrogen) atoms. The fraction of sp³-hybridized carbons (Fsp3) is 0.455. The van der Waals surface area contributed by atoms with Gasteiger partial charge >= 0.3 is 0 Å². The molecule has 0 fully saturated rings. The van der Waals surface area contributed by atoms with Gasteiger partial charge < -0.3 is 5.32 Å². The third-order valence-electron chi connectivity index (χ3n) is 3.08. The molecule has 2 rings (SSSR count). The monoisotopic (exact) mass is 179 g/mol. The highest BCUT2D eigenvalue weighted by molar-refractivity contribution is 5.60. The molecule has 0 bridgehead atoms. The zero-order valence-corrected chi connectivity index (χ0v) is 8.02. The van der Waals surface area contributed by atoms with Crippen LogP contribution in [0, 0.1) is 5.82 Å². The minimum Gasteiger partial charge on any atom is -0.384 e. The topological polar surface area (TPSA) is 12.0 Å². The smallest absolute Gasteiger partial charge is 0.123 e. The van der Waals surface area contributed by atoms with Crippen LogP contribution in [0.2, 0.25) is 0 Å². The summed E-state index contributed by atoms with van der Waals surface area (Å²) in [4.78, 5) is 0. The van der Waals surface area contributed by atoms with Crippen LogP contribution >= 0.6 is 0 Å². The van der Waals surface area contributed by atoms with E-state index in [9.17, 15) is 4.39 Å². The number of hydrogen-bond donors (Lipinski definition) is 1. The SMILES string of the molecule is CCC1(C)CNc2ccc(F)cc21. The summed E-state index contributed by atoms with van der Waals surface area (Å²) in [5.41, 5.74) is 2.32. The summed E-state index contributed by atoms with van der Waals surface area (Å²) in [5, 5.41) is 3.30. The number of nitrogens with one attached hydrogen (secondary N) is 1. The first-order valence-corrected chi connectivity index (χ1v) is 4.69. The van der Waals surface area contributed by atoms with Crippen molar-refractivity contribution in [2.45, 2.75) is 25.7 Å². The molecule has 1 heterocycles. The second kappa shape index (κ2) is 2.72. The lowest BCUT2D eigenvalue weighted by Gasteiger charge is -2.21. The number of fused-ring (bicyclic) bond motifs is 1. The Morgan fingerprint density at radius 1 is 1.54 bits per heavy atom. The van der Waals surface area contributed by atoms with Crippen molar-refractivity contribution in [3.63, 3.8) is 0 Å². The van der Waals surface area contributed by atoms with E-state index in [1.165, 1.54) is 6.07 Å². The molecule has 1 aromatic rings. The van der Waals surface area contributed by atoms with Crippen LogP contribution in [0.3, 0.4) is 0 Å². The highest BCUT2D eigenvalue weighted by Crippen LogP contribution is 2.38. The van der Waals surface area contributed by atoms with Crippen molar-refractivity contribution in [3.8, 4) is 0 Å². The first-order valence-electron chi connectivity index (χ1n) is 4.69. The average Bonchev–Trinajstić information content (AvgIpc) is 2.45. The summed E-state index contributed by atoms with van der Waals surface area (Å²) < 4.78 is 13.0. The highest BCUT2D eigenvalue weighted by Gasteiger charge is 2.32. The van der Waals surface area contributed by atoms with Crippen molar-refractivity contribution in [3.05, 3.63) is 29.6 Å². The molecule has 1 aromatic carbocycles. The zero-order valence-electron chi connectivity index (χ0n) is 8.02. The van der Waals surface area contributed by atoms with Gasteiger partial charge in [0, 0.05) is 17.6 Å². The van der Waals surface area contributed by atoms with Crippen molar-refractivity contribution in [1.29, 1.82) is 0 Å². The van der Waals surface area contributed by atoms with Crippen LogP contribution in [-0.2, 0) is 5.41 Å². The van der Waals surface area contributed by atoms with Crippen LogP contribution in [0.5, 0.6) is 0 Å². The predicted octanol–water partition coefficient (Wildman–Crippen LogP) is 2.92. The van der Waals surface area contributed by atoms with Crippen LogP contribution < -0.4 is 5.32 Å². The van der Waals surface area contributed by atoms with Crippen molar-refractivity contribution in [1.82, 2.24) is 0 Å². The Kier molecular flexibility index (Phi) is 1.79.